The molecule has 0 spiro atoms. The maximum Gasteiger partial charge on any atom is 0.338 e. The van der Waals surface area contributed by atoms with Gasteiger partial charge >= 0.3 is 5.97 Å². The van der Waals surface area contributed by atoms with Gasteiger partial charge in [0.1, 0.15) is 0 Å². The number of ether oxygens (including phenoxy) is 1. The van der Waals surface area contributed by atoms with E-state index in [1.54, 1.807) is 0 Å². The first-order chi connectivity index (χ1) is 7.77. The summed E-state index contributed by atoms with van der Waals surface area (Å²) < 4.78 is 4.83. The van der Waals surface area contributed by atoms with E-state index in [9.17, 15) is 4.79 Å². The van der Waals surface area contributed by atoms with E-state index >= 15 is 0 Å². The Morgan fingerprint density at radius 2 is 2.19 bits per heavy atom. The Bertz CT molecular complexity index is 392. The van der Waals surface area contributed by atoms with Crippen molar-refractivity contribution in [2.24, 2.45) is 0 Å². The largest absolute Gasteiger partial charge is 0.465 e. The Morgan fingerprint density at radius 1 is 1.44 bits per heavy atom. The lowest BCUT2D eigenvalue weighted by Crippen LogP contribution is -2.14. The van der Waals surface area contributed by atoms with E-state index < -0.39 is 0 Å². The first kappa shape index (κ1) is 11.2. The zero-order chi connectivity index (χ0) is 11.5. The third kappa shape index (κ3) is 1.84. The highest BCUT2D eigenvalue weighted by Crippen LogP contribution is 2.39. The molecule has 1 aromatic rings. The molecule has 0 aliphatic heterocycles. The highest BCUT2D eigenvalue weighted by molar-refractivity contribution is 5.91. The van der Waals surface area contributed by atoms with Gasteiger partial charge in [0.05, 0.1) is 12.7 Å². The first-order valence-electron chi connectivity index (χ1n) is 5.98. The minimum Gasteiger partial charge on any atom is -0.465 e. The molecule has 1 saturated carbocycles. The second-order valence-electron chi connectivity index (χ2n) is 4.35. The molecule has 2 heteroatoms. The van der Waals surface area contributed by atoms with Crippen LogP contribution in [0.3, 0.4) is 0 Å². The molecule has 0 amide bonds. The van der Waals surface area contributed by atoms with Crippen LogP contribution in [0.15, 0.2) is 18.2 Å². The van der Waals surface area contributed by atoms with Crippen molar-refractivity contribution in [2.45, 2.75) is 38.5 Å². The van der Waals surface area contributed by atoms with Crippen LogP contribution in [-0.2, 0) is 11.2 Å². The van der Waals surface area contributed by atoms with Gasteiger partial charge in [-0.1, -0.05) is 25.5 Å². The van der Waals surface area contributed by atoms with Crippen LogP contribution in [0.4, 0.5) is 0 Å². The quantitative estimate of drug-likeness (QED) is 0.727. The van der Waals surface area contributed by atoms with Crippen LogP contribution >= 0.6 is 0 Å². The monoisotopic (exact) mass is 218 g/mol. The summed E-state index contributed by atoms with van der Waals surface area (Å²) in [6.45, 7) is 2.10. The van der Waals surface area contributed by atoms with Gasteiger partial charge in [-0.05, 0) is 42.4 Å². The van der Waals surface area contributed by atoms with Crippen LogP contribution < -0.4 is 0 Å². The predicted octanol–water partition coefficient (Wildman–Crippen LogP) is 3.30. The van der Waals surface area contributed by atoms with E-state index in [0.717, 1.165) is 12.0 Å². The summed E-state index contributed by atoms with van der Waals surface area (Å²) in [4.78, 5) is 11.7. The molecular formula is C14H18O2. The number of benzene rings is 1. The summed E-state index contributed by atoms with van der Waals surface area (Å²) in [7, 11) is 1.44. The Balaban J connectivity index is 2.41. The van der Waals surface area contributed by atoms with E-state index in [4.69, 9.17) is 4.74 Å². The molecule has 0 aromatic heterocycles. The SMILES string of the molecule is CCc1c(C(=O)OC)cccc1C1CCC1. The molecule has 2 rings (SSSR count). The van der Waals surface area contributed by atoms with Gasteiger partial charge in [0, 0.05) is 0 Å². The smallest absolute Gasteiger partial charge is 0.338 e. The van der Waals surface area contributed by atoms with Gasteiger partial charge in [-0.3, -0.25) is 0 Å². The molecule has 0 N–H and O–H groups in total. The molecule has 0 atom stereocenters. The minimum absolute atomic E-state index is 0.210. The average Bonchev–Trinajstić information content (AvgIpc) is 2.25. The van der Waals surface area contributed by atoms with Gasteiger partial charge in [-0.15, -0.1) is 0 Å². The fraction of sp³-hybridized carbons (Fsp3) is 0.500. The molecule has 1 aliphatic rings. The predicted molar refractivity (Wildman–Crippen MR) is 63.8 cm³/mol. The molecule has 1 fully saturated rings. The molecule has 0 radical (unpaired) electrons. The van der Waals surface area contributed by atoms with Gasteiger partial charge < -0.3 is 4.74 Å². The number of hydrogen-bond acceptors (Lipinski definition) is 2. The highest BCUT2D eigenvalue weighted by Gasteiger charge is 2.24. The van der Waals surface area contributed by atoms with Gasteiger partial charge in [-0.2, -0.15) is 0 Å². The zero-order valence-corrected chi connectivity index (χ0v) is 9.95. The van der Waals surface area contributed by atoms with Crippen molar-refractivity contribution in [2.75, 3.05) is 7.11 Å². The van der Waals surface area contributed by atoms with E-state index in [1.165, 1.54) is 37.5 Å². The Hall–Kier alpha value is -1.31. The topological polar surface area (TPSA) is 26.3 Å². The van der Waals surface area contributed by atoms with E-state index in [0.29, 0.717) is 5.92 Å². The molecule has 2 nitrogen and oxygen atoms in total. The van der Waals surface area contributed by atoms with Crippen LogP contribution in [0.5, 0.6) is 0 Å². The average molecular weight is 218 g/mol. The van der Waals surface area contributed by atoms with Crippen molar-refractivity contribution in [1.82, 2.24) is 0 Å². The molecule has 1 aliphatic carbocycles. The second kappa shape index (κ2) is 4.69. The van der Waals surface area contributed by atoms with Crippen molar-refractivity contribution in [3.8, 4) is 0 Å². The zero-order valence-electron chi connectivity index (χ0n) is 9.95. The lowest BCUT2D eigenvalue weighted by molar-refractivity contribution is 0.0599. The van der Waals surface area contributed by atoms with Crippen LogP contribution in [0.2, 0.25) is 0 Å². The fourth-order valence-corrected chi connectivity index (χ4v) is 2.40. The minimum atomic E-state index is -0.210. The summed E-state index contributed by atoms with van der Waals surface area (Å²) in [6, 6.07) is 6.00. The lowest BCUT2D eigenvalue weighted by Gasteiger charge is -2.28. The van der Waals surface area contributed by atoms with Crippen LogP contribution in [0.25, 0.3) is 0 Å². The third-order valence-electron chi connectivity index (χ3n) is 3.52. The maximum absolute atomic E-state index is 11.7. The second-order valence-corrected chi connectivity index (χ2v) is 4.35. The van der Waals surface area contributed by atoms with E-state index in [-0.39, 0.29) is 5.97 Å². The van der Waals surface area contributed by atoms with Crippen LogP contribution in [0.1, 0.15) is 53.6 Å². The van der Waals surface area contributed by atoms with Crippen molar-refractivity contribution in [3.05, 3.63) is 34.9 Å². The lowest BCUT2D eigenvalue weighted by atomic mass is 9.77. The molecule has 0 unspecified atom stereocenters. The van der Waals surface area contributed by atoms with Gasteiger partial charge in [0.15, 0.2) is 0 Å². The van der Waals surface area contributed by atoms with Crippen molar-refractivity contribution in [1.29, 1.82) is 0 Å². The number of esters is 1. The van der Waals surface area contributed by atoms with E-state index in [1.807, 2.05) is 12.1 Å². The molecule has 16 heavy (non-hydrogen) atoms. The Labute approximate surface area is 96.6 Å². The summed E-state index contributed by atoms with van der Waals surface area (Å²) in [5.74, 6) is 0.456. The highest BCUT2D eigenvalue weighted by atomic mass is 16.5. The Kier molecular flexibility index (Phi) is 3.28. The summed E-state index contributed by atoms with van der Waals surface area (Å²) in [6.07, 6.45) is 4.74. The summed E-state index contributed by atoms with van der Waals surface area (Å²) in [5.41, 5.74) is 3.28. The third-order valence-corrected chi connectivity index (χ3v) is 3.52. The number of hydrogen-bond donors (Lipinski definition) is 0. The number of carbonyl (C=O) groups excluding carboxylic acids is 1. The standard InChI is InChI=1S/C14H18O2/c1-3-11-12(10-6-4-7-10)8-5-9-13(11)14(15)16-2/h5,8-10H,3-4,6-7H2,1-2H3. The number of rotatable bonds is 3. The van der Waals surface area contributed by atoms with Crippen LogP contribution in [-0.4, -0.2) is 13.1 Å². The van der Waals surface area contributed by atoms with Crippen LogP contribution in [0, 0.1) is 0 Å². The molecule has 0 bridgehead atoms. The van der Waals surface area contributed by atoms with E-state index in [2.05, 4.69) is 13.0 Å². The van der Waals surface area contributed by atoms with Gasteiger partial charge in [0.25, 0.3) is 0 Å². The Morgan fingerprint density at radius 3 is 2.69 bits per heavy atom. The van der Waals surface area contributed by atoms with Crippen molar-refractivity contribution < 1.29 is 9.53 Å². The summed E-state index contributed by atoms with van der Waals surface area (Å²) in [5, 5.41) is 0. The number of methoxy groups -OCH3 is 1. The van der Waals surface area contributed by atoms with Crippen molar-refractivity contribution >= 4 is 5.97 Å². The van der Waals surface area contributed by atoms with Crippen molar-refractivity contribution in [3.63, 3.8) is 0 Å². The first-order valence-corrected chi connectivity index (χ1v) is 5.98. The van der Waals surface area contributed by atoms with Gasteiger partial charge in [0.2, 0.25) is 0 Å². The molecule has 86 valence electrons. The maximum atomic E-state index is 11.7. The summed E-state index contributed by atoms with van der Waals surface area (Å²) >= 11 is 0. The molecule has 0 saturated heterocycles. The molecule has 0 heterocycles. The fourth-order valence-electron chi connectivity index (χ4n) is 2.40. The molecular weight excluding hydrogens is 200 g/mol. The number of carbonyl (C=O) groups is 1. The molecule has 1 aromatic carbocycles. The normalized spacial score (nSPS) is 15.6. The van der Waals surface area contributed by atoms with Gasteiger partial charge in [-0.25, -0.2) is 4.79 Å².